The topological polar surface area (TPSA) is 166 Å². The van der Waals surface area contributed by atoms with Crippen LogP contribution in [-0.2, 0) is 38.6 Å². The predicted octanol–water partition coefficient (Wildman–Crippen LogP) is 1.04. The first-order valence-corrected chi connectivity index (χ1v) is 11.2. The number of fused-ring (bicyclic) bond motifs is 2. The molecule has 0 unspecified atom stereocenters. The number of hydrogen-bond acceptors (Lipinski definition) is 5. The highest BCUT2D eigenvalue weighted by Gasteiger charge is 2.38. The second-order valence-corrected chi connectivity index (χ2v) is 8.62. The number of rotatable bonds is 8. The van der Waals surface area contributed by atoms with E-state index in [4.69, 9.17) is 10.8 Å². The van der Waals surface area contributed by atoms with Crippen molar-refractivity contribution in [2.24, 2.45) is 5.73 Å². The maximum atomic E-state index is 13.5. The molecular weight excluding hydrogens is 452 g/mol. The molecule has 0 fully saturated rings. The van der Waals surface area contributed by atoms with Gasteiger partial charge in [0, 0.05) is 30.1 Å². The summed E-state index contributed by atoms with van der Waals surface area (Å²) >= 11 is 0. The third kappa shape index (κ3) is 5.17. The Hall–Kier alpha value is -4.18. The van der Waals surface area contributed by atoms with E-state index >= 15 is 0 Å². The molecule has 0 radical (unpaired) electrons. The van der Waals surface area contributed by atoms with Gasteiger partial charge in [-0.1, -0.05) is 42.5 Å². The Bertz CT molecular complexity index is 1290. The van der Waals surface area contributed by atoms with Crippen LogP contribution in [0.3, 0.4) is 0 Å². The molecule has 2 aromatic carbocycles. The first-order chi connectivity index (χ1) is 16.7. The maximum absolute atomic E-state index is 13.5. The number of carboxylic acids is 2. The Morgan fingerprint density at radius 2 is 1.74 bits per heavy atom. The molecule has 0 bridgehead atoms. The van der Waals surface area contributed by atoms with Gasteiger partial charge in [0.05, 0.1) is 12.5 Å². The number of nitrogens with one attached hydrogen (secondary N) is 2. The van der Waals surface area contributed by atoms with Crippen LogP contribution in [0.1, 0.15) is 23.1 Å². The fourth-order valence-electron chi connectivity index (χ4n) is 4.47. The molecule has 4 rings (SSSR count). The minimum Gasteiger partial charge on any atom is -0.481 e. The van der Waals surface area contributed by atoms with Gasteiger partial charge in [-0.2, -0.15) is 0 Å². The number of H-pyrrole nitrogens is 1. The number of aromatic amines is 1. The number of aliphatic carboxylic acids is 2. The van der Waals surface area contributed by atoms with E-state index in [-0.39, 0.29) is 19.4 Å². The molecule has 1 aliphatic heterocycles. The van der Waals surface area contributed by atoms with Crippen LogP contribution in [0.15, 0.2) is 54.7 Å². The smallest absolute Gasteiger partial charge is 0.326 e. The number of nitrogens with two attached hydrogens (primary N) is 1. The van der Waals surface area contributed by atoms with Gasteiger partial charge in [-0.25, -0.2) is 4.79 Å². The van der Waals surface area contributed by atoms with E-state index in [0.717, 1.165) is 27.6 Å². The van der Waals surface area contributed by atoms with Gasteiger partial charge in [-0.3, -0.25) is 14.4 Å². The number of aromatic nitrogens is 1. The molecule has 2 amide bonds. The minimum absolute atomic E-state index is 0.130. The summed E-state index contributed by atoms with van der Waals surface area (Å²) in [6.45, 7) is 0.130. The average molecular weight is 479 g/mol. The molecule has 0 saturated carbocycles. The molecule has 10 heteroatoms. The molecule has 0 aliphatic carbocycles. The number of hydrogen-bond donors (Lipinski definition) is 5. The molecule has 182 valence electrons. The summed E-state index contributed by atoms with van der Waals surface area (Å²) in [5.41, 5.74) is 9.83. The van der Waals surface area contributed by atoms with Crippen molar-refractivity contribution in [3.8, 4) is 0 Å². The number of carboxylic acid groups (broad SMARTS) is 2. The van der Waals surface area contributed by atoms with Crippen molar-refractivity contribution in [2.75, 3.05) is 0 Å². The van der Waals surface area contributed by atoms with Gasteiger partial charge in [0.15, 0.2) is 0 Å². The third-order valence-electron chi connectivity index (χ3n) is 6.26. The zero-order valence-electron chi connectivity index (χ0n) is 18.8. The second-order valence-electron chi connectivity index (χ2n) is 8.62. The Kier molecular flexibility index (Phi) is 6.83. The van der Waals surface area contributed by atoms with Crippen molar-refractivity contribution >= 4 is 34.7 Å². The fraction of sp³-hybridized carbons (Fsp3) is 0.280. The standard InChI is InChI=1S/C25H26N4O6/c26-18(9-16-12-27-19-8-4-3-7-17(16)19)24(33)29-13-15-6-2-1-5-14(15)10-21(29)23(32)28-20(25(34)35)11-22(30)31/h1-8,12,18,20-21,27H,9-11,13,26H2,(H,28,32)(H,30,31)(H,34,35)/t18-,20-,21-/m0/s1. The normalized spacial score (nSPS) is 16.8. The summed E-state index contributed by atoms with van der Waals surface area (Å²) in [6.07, 6.45) is 1.42. The summed E-state index contributed by atoms with van der Waals surface area (Å²) in [4.78, 5) is 53.6. The Morgan fingerprint density at radius 3 is 2.46 bits per heavy atom. The van der Waals surface area contributed by atoms with Crippen LogP contribution >= 0.6 is 0 Å². The highest BCUT2D eigenvalue weighted by atomic mass is 16.4. The van der Waals surface area contributed by atoms with E-state index in [9.17, 15) is 24.3 Å². The first-order valence-electron chi connectivity index (χ1n) is 11.2. The molecular formula is C25H26N4O6. The van der Waals surface area contributed by atoms with Gasteiger partial charge >= 0.3 is 11.9 Å². The number of para-hydroxylation sites is 1. The Labute approximate surface area is 200 Å². The second kappa shape index (κ2) is 9.98. The highest BCUT2D eigenvalue weighted by molar-refractivity contribution is 5.94. The molecule has 1 aliphatic rings. The van der Waals surface area contributed by atoms with Gasteiger partial charge in [-0.05, 0) is 29.2 Å². The lowest BCUT2D eigenvalue weighted by atomic mass is 9.92. The third-order valence-corrected chi connectivity index (χ3v) is 6.26. The van der Waals surface area contributed by atoms with Gasteiger partial charge < -0.3 is 31.1 Å². The van der Waals surface area contributed by atoms with Crippen LogP contribution in [0, 0.1) is 0 Å². The summed E-state index contributed by atoms with van der Waals surface area (Å²) in [5.74, 6) is -4.01. The Balaban J connectivity index is 1.58. The van der Waals surface area contributed by atoms with Crippen molar-refractivity contribution in [3.63, 3.8) is 0 Å². The van der Waals surface area contributed by atoms with Gasteiger partial charge in [-0.15, -0.1) is 0 Å². The monoisotopic (exact) mass is 478 g/mol. The van der Waals surface area contributed by atoms with Crippen molar-refractivity contribution in [1.29, 1.82) is 0 Å². The summed E-state index contributed by atoms with van der Waals surface area (Å²) in [5, 5.41) is 21.6. The van der Waals surface area contributed by atoms with Crippen LogP contribution in [0.2, 0.25) is 0 Å². The molecule has 3 atom stereocenters. The number of nitrogens with zero attached hydrogens (tertiary/aromatic N) is 1. The Morgan fingerprint density at radius 1 is 1.06 bits per heavy atom. The van der Waals surface area contributed by atoms with E-state index in [0.29, 0.717) is 0 Å². The number of carbonyl (C=O) groups excluding carboxylic acids is 2. The van der Waals surface area contributed by atoms with Crippen molar-refractivity contribution in [2.45, 2.75) is 43.9 Å². The van der Waals surface area contributed by atoms with Crippen molar-refractivity contribution in [3.05, 3.63) is 71.4 Å². The zero-order chi connectivity index (χ0) is 25.1. The molecule has 2 heterocycles. The quantitative estimate of drug-likeness (QED) is 0.322. The van der Waals surface area contributed by atoms with Gasteiger partial charge in [0.2, 0.25) is 11.8 Å². The van der Waals surface area contributed by atoms with Crippen molar-refractivity contribution in [1.82, 2.24) is 15.2 Å². The SMILES string of the molecule is N[C@@H](Cc1c[nH]c2ccccc12)C(=O)N1Cc2ccccc2C[C@H]1C(=O)N[C@@H](CC(=O)O)C(=O)O. The van der Waals surface area contributed by atoms with Gasteiger partial charge in [0.25, 0.3) is 0 Å². The number of carbonyl (C=O) groups is 4. The lowest BCUT2D eigenvalue weighted by Crippen LogP contribution is -2.58. The molecule has 1 aromatic heterocycles. The first kappa shape index (κ1) is 24.0. The van der Waals surface area contributed by atoms with Crippen LogP contribution in [0.25, 0.3) is 10.9 Å². The van der Waals surface area contributed by atoms with E-state index in [1.807, 2.05) is 48.5 Å². The molecule has 0 saturated heterocycles. The van der Waals surface area contributed by atoms with Crippen molar-refractivity contribution < 1.29 is 29.4 Å². The number of benzene rings is 2. The highest BCUT2D eigenvalue weighted by Crippen LogP contribution is 2.25. The van der Waals surface area contributed by atoms with Gasteiger partial charge in [0.1, 0.15) is 12.1 Å². The van der Waals surface area contributed by atoms with E-state index < -0.39 is 48.3 Å². The average Bonchev–Trinajstić information content (AvgIpc) is 3.24. The van der Waals surface area contributed by atoms with Crippen LogP contribution in [-0.4, -0.2) is 62.0 Å². The zero-order valence-corrected chi connectivity index (χ0v) is 18.8. The molecule has 35 heavy (non-hydrogen) atoms. The summed E-state index contributed by atoms with van der Waals surface area (Å²) in [6, 6.07) is 11.4. The van der Waals surface area contributed by atoms with E-state index in [2.05, 4.69) is 10.3 Å². The lowest BCUT2D eigenvalue weighted by molar-refractivity contribution is -0.149. The fourth-order valence-corrected chi connectivity index (χ4v) is 4.47. The van der Waals surface area contributed by atoms with E-state index in [1.54, 1.807) is 6.20 Å². The lowest BCUT2D eigenvalue weighted by Gasteiger charge is -2.37. The molecule has 3 aromatic rings. The van der Waals surface area contributed by atoms with E-state index in [1.165, 1.54) is 4.90 Å². The number of amides is 2. The van der Waals surface area contributed by atoms with Crippen LogP contribution < -0.4 is 11.1 Å². The van der Waals surface area contributed by atoms with Crippen LogP contribution in [0.5, 0.6) is 0 Å². The predicted molar refractivity (Wildman–Crippen MR) is 126 cm³/mol. The maximum Gasteiger partial charge on any atom is 0.326 e. The largest absolute Gasteiger partial charge is 0.481 e. The molecule has 0 spiro atoms. The van der Waals surface area contributed by atoms with Crippen LogP contribution in [0.4, 0.5) is 0 Å². The summed E-state index contributed by atoms with van der Waals surface area (Å²) in [7, 11) is 0. The molecule has 6 N–H and O–H groups in total. The summed E-state index contributed by atoms with van der Waals surface area (Å²) < 4.78 is 0. The minimum atomic E-state index is -1.62. The molecule has 10 nitrogen and oxygen atoms in total.